The van der Waals surface area contributed by atoms with Crippen LogP contribution in [0.3, 0.4) is 0 Å². The average Bonchev–Trinajstić information content (AvgIpc) is 2.35. The van der Waals surface area contributed by atoms with Gasteiger partial charge in [0, 0.05) is 19.0 Å². The van der Waals surface area contributed by atoms with Gasteiger partial charge in [-0.25, -0.2) is 4.79 Å². The van der Waals surface area contributed by atoms with Crippen LogP contribution in [0, 0.1) is 5.92 Å². The number of hydrogen-bond donors (Lipinski definition) is 3. The molecular formula is C13H24N2O3. The van der Waals surface area contributed by atoms with Gasteiger partial charge in [-0.05, 0) is 32.1 Å². The van der Waals surface area contributed by atoms with Gasteiger partial charge in [-0.2, -0.15) is 0 Å². The average molecular weight is 256 g/mol. The molecule has 0 aromatic heterocycles. The molecule has 18 heavy (non-hydrogen) atoms. The van der Waals surface area contributed by atoms with Crippen molar-refractivity contribution in [1.82, 2.24) is 10.6 Å². The minimum atomic E-state index is -0.826. The molecule has 1 rings (SSSR count). The van der Waals surface area contributed by atoms with Crippen LogP contribution in [-0.4, -0.2) is 29.7 Å². The SMILES string of the molecule is CC(NC(=O)NCCCC(=O)O)C1CCCCC1. The number of carboxylic acid groups (broad SMARTS) is 1. The molecule has 1 saturated carbocycles. The summed E-state index contributed by atoms with van der Waals surface area (Å²) in [6.45, 7) is 2.46. The van der Waals surface area contributed by atoms with E-state index in [1.165, 1.54) is 32.1 Å². The van der Waals surface area contributed by atoms with Crippen molar-refractivity contribution in [3.05, 3.63) is 0 Å². The Morgan fingerprint density at radius 1 is 1.28 bits per heavy atom. The second-order valence-corrected chi connectivity index (χ2v) is 5.08. The normalized spacial score (nSPS) is 18.1. The number of aliphatic carboxylic acids is 1. The fourth-order valence-corrected chi connectivity index (χ4v) is 2.45. The molecule has 0 aromatic rings. The van der Waals surface area contributed by atoms with Crippen molar-refractivity contribution >= 4 is 12.0 Å². The summed E-state index contributed by atoms with van der Waals surface area (Å²) in [6.07, 6.45) is 6.79. The molecule has 0 bridgehead atoms. The van der Waals surface area contributed by atoms with Crippen LogP contribution in [-0.2, 0) is 4.79 Å². The first-order chi connectivity index (χ1) is 8.59. The highest BCUT2D eigenvalue weighted by Crippen LogP contribution is 2.26. The van der Waals surface area contributed by atoms with Crippen molar-refractivity contribution in [2.75, 3.05) is 6.54 Å². The van der Waals surface area contributed by atoms with Crippen LogP contribution in [0.1, 0.15) is 51.9 Å². The van der Waals surface area contributed by atoms with Crippen LogP contribution in [0.2, 0.25) is 0 Å². The number of rotatable bonds is 6. The summed E-state index contributed by atoms with van der Waals surface area (Å²) >= 11 is 0. The summed E-state index contributed by atoms with van der Waals surface area (Å²) in [5, 5.41) is 14.1. The Hall–Kier alpha value is -1.26. The molecule has 0 aliphatic heterocycles. The molecule has 0 saturated heterocycles. The van der Waals surface area contributed by atoms with E-state index in [1.807, 2.05) is 6.92 Å². The van der Waals surface area contributed by atoms with Gasteiger partial charge in [-0.1, -0.05) is 19.3 Å². The Kier molecular flexibility index (Phi) is 6.54. The molecule has 1 atom stereocenters. The lowest BCUT2D eigenvalue weighted by molar-refractivity contribution is -0.137. The molecule has 0 aromatic carbocycles. The summed E-state index contributed by atoms with van der Waals surface area (Å²) in [5.41, 5.74) is 0. The first-order valence-corrected chi connectivity index (χ1v) is 6.85. The van der Waals surface area contributed by atoms with E-state index >= 15 is 0 Å². The summed E-state index contributed by atoms with van der Waals surface area (Å²) < 4.78 is 0. The van der Waals surface area contributed by atoms with E-state index in [1.54, 1.807) is 0 Å². The summed E-state index contributed by atoms with van der Waals surface area (Å²) in [4.78, 5) is 21.9. The number of urea groups is 1. The molecule has 2 amide bonds. The Bertz CT molecular complexity index is 275. The second-order valence-electron chi connectivity index (χ2n) is 5.08. The molecule has 5 nitrogen and oxygen atoms in total. The van der Waals surface area contributed by atoms with Crippen molar-refractivity contribution in [2.45, 2.75) is 57.9 Å². The van der Waals surface area contributed by atoms with E-state index in [0.29, 0.717) is 18.9 Å². The van der Waals surface area contributed by atoms with Gasteiger partial charge in [0.1, 0.15) is 0 Å². The van der Waals surface area contributed by atoms with Gasteiger partial charge in [0.2, 0.25) is 0 Å². The van der Waals surface area contributed by atoms with E-state index in [9.17, 15) is 9.59 Å². The number of nitrogens with one attached hydrogen (secondary N) is 2. The van der Waals surface area contributed by atoms with Crippen LogP contribution >= 0.6 is 0 Å². The van der Waals surface area contributed by atoms with Crippen molar-refractivity contribution in [3.8, 4) is 0 Å². The smallest absolute Gasteiger partial charge is 0.315 e. The number of carboxylic acids is 1. The highest BCUT2D eigenvalue weighted by molar-refractivity contribution is 5.74. The second kappa shape index (κ2) is 7.95. The van der Waals surface area contributed by atoms with Crippen LogP contribution in [0.4, 0.5) is 4.79 Å². The van der Waals surface area contributed by atoms with E-state index < -0.39 is 5.97 Å². The first kappa shape index (κ1) is 14.8. The van der Waals surface area contributed by atoms with Gasteiger partial charge in [0.05, 0.1) is 0 Å². The molecule has 1 fully saturated rings. The van der Waals surface area contributed by atoms with Crippen molar-refractivity contribution in [2.24, 2.45) is 5.92 Å². The number of hydrogen-bond acceptors (Lipinski definition) is 2. The van der Waals surface area contributed by atoms with Gasteiger partial charge >= 0.3 is 12.0 Å². The Morgan fingerprint density at radius 2 is 1.94 bits per heavy atom. The first-order valence-electron chi connectivity index (χ1n) is 6.85. The zero-order valence-electron chi connectivity index (χ0n) is 11.1. The van der Waals surface area contributed by atoms with E-state index in [-0.39, 0.29) is 18.5 Å². The molecule has 104 valence electrons. The lowest BCUT2D eigenvalue weighted by atomic mass is 9.85. The van der Waals surface area contributed by atoms with Gasteiger partial charge in [0.15, 0.2) is 0 Å². The van der Waals surface area contributed by atoms with E-state index in [2.05, 4.69) is 10.6 Å². The summed E-state index contributed by atoms with van der Waals surface area (Å²) in [6, 6.07) is 0.0169. The summed E-state index contributed by atoms with van der Waals surface area (Å²) in [7, 11) is 0. The molecule has 3 N–H and O–H groups in total. The van der Waals surface area contributed by atoms with Gasteiger partial charge < -0.3 is 15.7 Å². The number of amides is 2. The fourth-order valence-electron chi connectivity index (χ4n) is 2.45. The monoisotopic (exact) mass is 256 g/mol. The van der Waals surface area contributed by atoms with Crippen LogP contribution < -0.4 is 10.6 Å². The van der Waals surface area contributed by atoms with Gasteiger partial charge in [-0.3, -0.25) is 4.79 Å². The maximum absolute atomic E-state index is 11.6. The van der Waals surface area contributed by atoms with Crippen molar-refractivity contribution in [1.29, 1.82) is 0 Å². The van der Waals surface area contributed by atoms with Gasteiger partial charge in [0.25, 0.3) is 0 Å². The van der Waals surface area contributed by atoms with Crippen LogP contribution in [0.25, 0.3) is 0 Å². The molecule has 0 radical (unpaired) electrons. The zero-order chi connectivity index (χ0) is 13.4. The van der Waals surface area contributed by atoms with Crippen LogP contribution in [0.15, 0.2) is 0 Å². The van der Waals surface area contributed by atoms with Crippen LogP contribution in [0.5, 0.6) is 0 Å². The van der Waals surface area contributed by atoms with Crippen molar-refractivity contribution < 1.29 is 14.7 Å². The molecule has 5 heteroatoms. The largest absolute Gasteiger partial charge is 0.481 e. The zero-order valence-corrected chi connectivity index (χ0v) is 11.1. The molecule has 1 unspecified atom stereocenters. The third kappa shape index (κ3) is 5.89. The fraction of sp³-hybridized carbons (Fsp3) is 0.846. The topological polar surface area (TPSA) is 78.4 Å². The predicted molar refractivity (Wildman–Crippen MR) is 69.4 cm³/mol. The molecule has 1 aliphatic carbocycles. The molecular weight excluding hydrogens is 232 g/mol. The minimum Gasteiger partial charge on any atom is -0.481 e. The Balaban J connectivity index is 2.12. The van der Waals surface area contributed by atoms with Gasteiger partial charge in [-0.15, -0.1) is 0 Å². The molecule has 0 heterocycles. The Morgan fingerprint density at radius 3 is 2.56 bits per heavy atom. The van der Waals surface area contributed by atoms with E-state index in [0.717, 1.165) is 0 Å². The number of carbonyl (C=O) groups excluding carboxylic acids is 1. The highest BCUT2D eigenvalue weighted by Gasteiger charge is 2.21. The number of carbonyl (C=O) groups is 2. The standard InChI is InChI=1S/C13H24N2O3/c1-10(11-6-3-2-4-7-11)15-13(18)14-9-5-8-12(16)17/h10-11H,2-9H2,1H3,(H,16,17)(H2,14,15,18). The molecule has 0 spiro atoms. The third-order valence-corrected chi connectivity index (χ3v) is 3.57. The van der Waals surface area contributed by atoms with E-state index in [4.69, 9.17) is 5.11 Å². The minimum absolute atomic E-state index is 0.0957. The van der Waals surface area contributed by atoms with Crippen molar-refractivity contribution in [3.63, 3.8) is 0 Å². The maximum Gasteiger partial charge on any atom is 0.315 e. The highest BCUT2D eigenvalue weighted by atomic mass is 16.4. The Labute approximate surface area is 108 Å². The quantitative estimate of drug-likeness (QED) is 0.637. The molecule has 1 aliphatic rings. The third-order valence-electron chi connectivity index (χ3n) is 3.57. The lowest BCUT2D eigenvalue weighted by Gasteiger charge is -2.28. The summed E-state index contributed by atoms with van der Waals surface area (Å²) in [5.74, 6) is -0.240. The predicted octanol–water partition coefficient (Wildman–Crippen LogP) is 2.12. The maximum atomic E-state index is 11.6. The lowest BCUT2D eigenvalue weighted by Crippen LogP contribution is -2.44.